The molecule has 0 unspecified atom stereocenters. The molecule has 3 N–H and O–H groups in total. The highest BCUT2D eigenvalue weighted by molar-refractivity contribution is 8.15. The number of ether oxygens (including phenoxy) is 1. The number of aromatic nitrogens is 4. The first-order valence-electron chi connectivity index (χ1n) is 11.9. The zero-order valence-corrected chi connectivity index (χ0v) is 21.3. The topological polar surface area (TPSA) is 124 Å². The van der Waals surface area contributed by atoms with Crippen LogP contribution in [0.4, 0.5) is 29.1 Å². The predicted octanol–water partition coefficient (Wildman–Crippen LogP) is 5.48. The van der Waals surface area contributed by atoms with Crippen LogP contribution in [0.2, 0.25) is 0 Å². The van der Waals surface area contributed by atoms with Crippen LogP contribution in [0.3, 0.4) is 0 Å². The van der Waals surface area contributed by atoms with E-state index in [0.29, 0.717) is 16.9 Å². The summed E-state index contributed by atoms with van der Waals surface area (Å²) in [7, 11) is 0. The van der Waals surface area contributed by atoms with Gasteiger partial charge in [0, 0.05) is 29.4 Å². The van der Waals surface area contributed by atoms with Gasteiger partial charge in [-0.25, -0.2) is 37.5 Å². The van der Waals surface area contributed by atoms with E-state index in [1.807, 2.05) is 0 Å². The van der Waals surface area contributed by atoms with Gasteiger partial charge in [-0.3, -0.25) is 4.99 Å². The van der Waals surface area contributed by atoms with E-state index in [-0.39, 0.29) is 34.5 Å². The number of halogens is 4. The van der Waals surface area contributed by atoms with Gasteiger partial charge in [0.1, 0.15) is 11.8 Å². The SMILES string of the molecule is C[C@@H](Oc1cnc2c(Nc3cc(F)c(F)c([C@@]4(C)N=C(N)S[C@@]5(C(F)F)C[C@@H]45)c3)nccc2n1)c1ncco1. The van der Waals surface area contributed by atoms with Crippen molar-refractivity contribution in [2.24, 2.45) is 16.6 Å². The number of alkyl halides is 2. The summed E-state index contributed by atoms with van der Waals surface area (Å²) in [6.07, 6.45) is 2.66. The Labute approximate surface area is 223 Å². The van der Waals surface area contributed by atoms with Gasteiger partial charge in [-0.1, -0.05) is 11.8 Å². The van der Waals surface area contributed by atoms with Crippen molar-refractivity contribution in [2.75, 3.05) is 5.32 Å². The van der Waals surface area contributed by atoms with Gasteiger partial charge in [0.2, 0.25) is 11.8 Å². The second-order valence-corrected chi connectivity index (χ2v) is 10.9. The summed E-state index contributed by atoms with van der Waals surface area (Å²) < 4.78 is 67.3. The van der Waals surface area contributed by atoms with Gasteiger partial charge in [-0.05, 0) is 32.4 Å². The number of nitrogens with one attached hydrogen (secondary N) is 1. The average molecular weight is 560 g/mol. The molecular formula is C25H21F4N7O2S. The van der Waals surface area contributed by atoms with Crippen molar-refractivity contribution in [3.63, 3.8) is 0 Å². The number of thioether (sulfide) groups is 1. The quantitative estimate of drug-likeness (QED) is 0.284. The molecule has 1 fully saturated rings. The summed E-state index contributed by atoms with van der Waals surface area (Å²) >= 11 is 0.792. The van der Waals surface area contributed by atoms with Crippen LogP contribution in [-0.4, -0.2) is 36.3 Å². The Kier molecular flexibility index (Phi) is 5.90. The number of amidine groups is 1. The van der Waals surface area contributed by atoms with Crippen molar-refractivity contribution in [3.8, 4) is 5.88 Å². The summed E-state index contributed by atoms with van der Waals surface area (Å²) in [5.41, 5.74) is 5.09. The van der Waals surface area contributed by atoms with Crippen LogP contribution in [0.1, 0.15) is 37.8 Å². The number of oxazole rings is 1. The lowest BCUT2D eigenvalue weighted by Crippen LogP contribution is -2.39. The average Bonchev–Trinajstić information content (AvgIpc) is 3.40. The van der Waals surface area contributed by atoms with Crippen molar-refractivity contribution in [1.82, 2.24) is 19.9 Å². The number of rotatable bonds is 7. The molecule has 0 amide bonds. The molecule has 1 aliphatic carbocycles. The number of nitrogens with two attached hydrogens (primary N) is 1. The first kappa shape index (κ1) is 25.3. The number of hydrogen-bond acceptors (Lipinski definition) is 10. The molecule has 14 heteroatoms. The molecule has 3 aromatic heterocycles. The Hall–Kier alpha value is -3.94. The molecule has 4 atom stereocenters. The molecule has 1 saturated carbocycles. The Morgan fingerprint density at radius 1 is 1.21 bits per heavy atom. The standard InChI is InChI=1S/C25H21F4N7O2S/c1-11(21-32-5-6-37-21)38-17-10-33-19-15(35-17)3-4-31-20(19)34-12-7-13(18(27)14(26)8-12)24(2)16-9-25(16,22(28)29)39-23(30)36-24/h3-8,10-11,16,22H,9H2,1-2H3,(H2,30,36)(H,31,34)/t11-,16+,24-,25+/m1/s1. The summed E-state index contributed by atoms with van der Waals surface area (Å²) in [6.45, 7) is 3.24. The fraction of sp³-hybridized carbons (Fsp3) is 0.320. The summed E-state index contributed by atoms with van der Waals surface area (Å²) in [5.74, 6) is -2.26. The van der Waals surface area contributed by atoms with Gasteiger partial charge in [0.25, 0.3) is 6.43 Å². The number of benzene rings is 1. The zero-order valence-electron chi connectivity index (χ0n) is 20.5. The molecule has 0 spiro atoms. The highest BCUT2D eigenvalue weighted by Gasteiger charge is 2.71. The van der Waals surface area contributed by atoms with Crippen LogP contribution in [0.5, 0.6) is 5.88 Å². The molecule has 39 heavy (non-hydrogen) atoms. The number of fused-ring (bicyclic) bond motifs is 2. The maximum Gasteiger partial charge on any atom is 0.253 e. The van der Waals surface area contributed by atoms with Gasteiger partial charge in [0.05, 0.1) is 28.2 Å². The Balaban J connectivity index is 1.32. The number of nitrogens with zero attached hydrogens (tertiary/aromatic N) is 5. The molecule has 4 heterocycles. The first-order valence-corrected chi connectivity index (χ1v) is 12.7. The predicted molar refractivity (Wildman–Crippen MR) is 136 cm³/mol. The van der Waals surface area contributed by atoms with Crippen molar-refractivity contribution in [2.45, 2.75) is 43.1 Å². The lowest BCUT2D eigenvalue weighted by Gasteiger charge is -2.34. The zero-order chi connectivity index (χ0) is 27.5. The third-order valence-electron chi connectivity index (χ3n) is 7.01. The van der Waals surface area contributed by atoms with Crippen molar-refractivity contribution in [1.29, 1.82) is 0 Å². The molecule has 9 nitrogen and oxygen atoms in total. The normalized spacial score (nSPS) is 24.8. The minimum atomic E-state index is -2.69. The molecule has 1 aliphatic heterocycles. The Morgan fingerprint density at radius 2 is 2.03 bits per heavy atom. The van der Waals surface area contributed by atoms with Gasteiger partial charge in [-0.15, -0.1) is 0 Å². The van der Waals surface area contributed by atoms with Gasteiger partial charge < -0.3 is 20.2 Å². The van der Waals surface area contributed by atoms with E-state index in [2.05, 4.69) is 30.2 Å². The highest BCUT2D eigenvalue weighted by Crippen LogP contribution is 2.68. The summed E-state index contributed by atoms with van der Waals surface area (Å²) in [6, 6.07) is 3.90. The minimum absolute atomic E-state index is 0.0776. The van der Waals surface area contributed by atoms with Gasteiger partial charge >= 0.3 is 0 Å². The third-order valence-corrected chi connectivity index (χ3v) is 8.32. The second kappa shape index (κ2) is 9.07. The lowest BCUT2D eigenvalue weighted by molar-refractivity contribution is 0.123. The van der Waals surface area contributed by atoms with Crippen LogP contribution in [0, 0.1) is 17.6 Å². The molecular weight excluding hydrogens is 538 g/mol. The molecule has 1 aromatic carbocycles. The smallest absolute Gasteiger partial charge is 0.253 e. The molecule has 0 saturated heterocycles. The summed E-state index contributed by atoms with van der Waals surface area (Å²) in [4.78, 5) is 21.4. The molecule has 202 valence electrons. The maximum atomic E-state index is 15.1. The van der Waals surface area contributed by atoms with Crippen LogP contribution in [-0.2, 0) is 5.54 Å². The first-order chi connectivity index (χ1) is 18.6. The Morgan fingerprint density at radius 3 is 2.77 bits per heavy atom. The van der Waals surface area contributed by atoms with Crippen molar-refractivity contribution >= 4 is 39.5 Å². The monoisotopic (exact) mass is 559 g/mol. The number of hydrogen-bond donors (Lipinski definition) is 2. The Bertz CT molecular complexity index is 1610. The molecule has 4 aromatic rings. The maximum absolute atomic E-state index is 15.1. The van der Waals surface area contributed by atoms with E-state index in [1.54, 1.807) is 13.0 Å². The van der Waals surface area contributed by atoms with Gasteiger partial charge in [0.15, 0.2) is 28.7 Å². The van der Waals surface area contributed by atoms with Gasteiger partial charge in [-0.2, -0.15) is 0 Å². The van der Waals surface area contributed by atoms with E-state index < -0.39 is 40.4 Å². The molecule has 6 rings (SSSR count). The van der Waals surface area contributed by atoms with E-state index >= 15 is 4.39 Å². The van der Waals surface area contributed by atoms with E-state index in [4.69, 9.17) is 14.9 Å². The minimum Gasteiger partial charge on any atom is -0.464 e. The van der Waals surface area contributed by atoms with E-state index in [0.717, 1.165) is 17.8 Å². The van der Waals surface area contributed by atoms with E-state index in [9.17, 15) is 13.2 Å². The molecule has 0 radical (unpaired) electrons. The largest absolute Gasteiger partial charge is 0.464 e. The second-order valence-electron chi connectivity index (χ2n) is 9.52. The lowest BCUT2D eigenvalue weighted by atomic mass is 9.85. The van der Waals surface area contributed by atoms with Crippen LogP contribution >= 0.6 is 11.8 Å². The molecule has 2 aliphatic rings. The van der Waals surface area contributed by atoms with Crippen LogP contribution in [0.25, 0.3) is 11.0 Å². The highest BCUT2D eigenvalue weighted by atomic mass is 32.2. The number of anilines is 2. The van der Waals surface area contributed by atoms with Crippen molar-refractivity contribution in [3.05, 3.63) is 66.1 Å². The molecule has 0 bridgehead atoms. The summed E-state index contributed by atoms with van der Waals surface area (Å²) in [5, 5.41) is 2.86. The van der Waals surface area contributed by atoms with E-state index in [1.165, 1.54) is 37.8 Å². The van der Waals surface area contributed by atoms with Crippen molar-refractivity contribution < 1.29 is 26.7 Å². The fourth-order valence-corrected chi connectivity index (χ4v) is 6.35. The number of pyridine rings is 1. The van der Waals surface area contributed by atoms with Crippen LogP contribution in [0.15, 0.2) is 52.5 Å². The fourth-order valence-electron chi connectivity index (χ4n) is 5.02. The number of aliphatic imine (C=N–C) groups is 1. The third kappa shape index (κ3) is 4.22. The van der Waals surface area contributed by atoms with Crippen LogP contribution < -0.4 is 15.8 Å².